The highest BCUT2D eigenvalue weighted by Crippen LogP contribution is 2.27. The van der Waals surface area contributed by atoms with Crippen molar-refractivity contribution in [2.45, 2.75) is 20.4 Å². The molecule has 74 valence electrons. The van der Waals surface area contributed by atoms with Gasteiger partial charge in [0.1, 0.15) is 5.15 Å². The van der Waals surface area contributed by atoms with Crippen LogP contribution in [0.5, 0.6) is 0 Å². The van der Waals surface area contributed by atoms with Crippen LogP contribution < -0.4 is 0 Å². The first-order valence-corrected chi connectivity index (χ1v) is 5.12. The topological polar surface area (TPSA) is 38.1 Å². The molecule has 2 heterocycles. The molecule has 1 aromatic rings. The molecule has 0 amide bonds. The molecule has 1 aliphatic heterocycles. The van der Waals surface area contributed by atoms with Crippen LogP contribution in [-0.2, 0) is 6.54 Å². The summed E-state index contributed by atoms with van der Waals surface area (Å²) in [5, 5.41) is 0.600. The summed E-state index contributed by atoms with van der Waals surface area (Å²) in [5.41, 5.74) is 2.66. The first-order chi connectivity index (χ1) is 6.59. The molecule has 0 aliphatic carbocycles. The van der Waals surface area contributed by atoms with Crippen LogP contribution in [0.25, 0.3) is 0 Å². The molecule has 2 rings (SSSR count). The largest absolute Gasteiger partial charge is 0.282 e. The smallest absolute Gasteiger partial charge is 0.224 e. The van der Waals surface area contributed by atoms with Gasteiger partial charge < -0.3 is 0 Å². The number of hydrogen-bond donors (Lipinski definition) is 0. The first-order valence-electron chi connectivity index (χ1n) is 4.36. The van der Waals surface area contributed by atoms with Gasteiger partial charge in [-0.3, -0.25) is 4.99 Å². The van der Waals surface area contributed by atoms with Crippen LogP contribution in [0.3, 0.4) is 0 Å². The van der Waals surface area contributed by atoms with Crippen molar-refractivity contribution in [3.63, 3.8) is 0 Å². The fraction of sp³-hybridized carbons (Fsp3) is 0.444. The first kappa shape index (κ1) is 9.87. The lowest BCUT2D eigenvalue weighted by molar-refractivity contribution is 0.878. The lowest BCUT2D eigenvalue weighted by Gasteiger charge is -2.06. The van der Waals surface area contributed by atoms with E-state index in [-0.39, 0.29) is 5.28 Å². The van der Waals surface area contributed by atoms with E-state index in [1.54, 1.807) is 0 Å². The van der Waals surface area contributed by atoms with Crippen molar-refractivity contribution in [1.82, 2.24) is 9.97 Å². The number of rotatable bonds is 1. The Balaban J connectivity index is 2.55. The van der Waals surface area contributed by atoms with Crippen molar-refractivity contribution in [1.29, 1.82) is 0 Å². The van der Waals surface area contributed by atoms with E-state index < -0.39 is 0 Å². The summed E-state index contributed by atoms with van der Waals surface area (Å²) in [6, 6.07) is 0. The summed E-state index contributed by atoms with van der Waals surface area (Å²) >= 11 is 11.7. The molecule has 0 radical (unpaired) electrons. The van der Waals surface area contributed by atoms with E-state index >= 15 is 0 Å². The van der Waals surface area contributed by atoms with E-state index in [0.717, 1.165) is 17.0 Å². The van der Waals surface area contributed by atoms with Crippen molar-refractivity contribution in [2.24, 2.45) is 10.9 Å². The third kappa shape index (κ3) is 1.51. The molecule has 14 heavy (non-hydrogen) atoms. The summed E-state index contributed by atoms with van der Waals surface area (Å²) in [7, 11) is 0. The van der Waals surface area contributed by atoms with Crippen LogP contribution in [0.4, 0.5) is 0 Å². The van der Waals surface area contributed by atoms with Crippen molar-refractivity contribution < 1.29 is 0 Å². The quantitative estimate of drug-likeness (QED) is 0.549. The molecular formula is C9H9Cl2N3. The molecule has 1 aromatic heterocycles. The molecule has 0 atom stereocenters. The van der Waals surface area contributed by atoms with Crippen molar-refractivity contribution in [3.8, 4) is 0 Å². The zero-order valence-electron chi connectivity index (χ0n) is 7.88. The molecule has 0 unspecified atom stereocenters. The number of aromatic nitrogens is 2. The Morgan fingerprint density at radius 3 is 2.57 bits per heavy atom. The third-order valence-corrected chi connectivity index (χ3v) is 2.61. The van der Waals surface area contributed by atoms with Gasteiger partial charge in [-0.1, -0.05) is 25.4 Å². The van der Waals surface area contributed by atoms with Gasteiger partial charge in [0.25, 0.3) is 0 Å². The number of halogens is 2. The van der Waals surface area contributed by atoms with Gasteiger partial charge in [0, 0.05) is 5.56 Å². The van der Waals surface area contributed by atoms with Crippen LogP contribution in [0.1, 0.15) is 25.1 Å². The lowest BCUT2D eigenvalue weighted by atomic mass is 10.0. The van der Waals surface area contributed by atoms with Crippen LogP contribution in [0.2, 0.25) is 10.4 Å². The van der Waals surface area contributed by atoms with Crippen molar-refractivity contribution >= 4 is 28.9 Å². The Labute approximate surface area is 92.2 Å². The van der Waals surface area contributed by atoms with Crippen LogP contribution in [0.15, 0.2) is 4.99 Å². The van der Waals surface area contributed by atoms with Gasteiger partial charge in [0.15, 0.2) is 0 Å². The normalized spacial score (nSPS) is 14.5. The summed E-state index contributed by atoms with van der Waals surface area (Å²) in [6.07, 6.45) is 0. The van der Waals surface area contributed by atoms with Gasteiger partial charge >= 0.3 is 0 Å². The maximum atomic E-state index is 5.94. The van der Waals surface area contributed by atoms with Crippen molar-refractivity contribution in [3.05, 3.63) is 21.7 Å². The standard InChI is InChI=1S/C9H9Cl2N3/c1-4(2)6-7-5(3-12-6)8(10)14-9(11)13-7/h4H,3H2,1-2H3. The van der Waals surface area contributed by atoms with Crippen molar-refractivity contribution in [2.75, 3.05) is 0 Å². The zero-order chi connectivity index (χ0) is 10.3. The minimum absolute atomic E-state index is 0.184. The van der Waals surface area contributed by atoms with E-state index in [1.807, 2.05) is 0 Å². The monoisotopic (exact) mass is 229 g/mol. The SMILES string of the molecule is CC(C)C1=NCc2c(Cl)nc(Cl)nc21. The predicted molar refractivity (Wildman–Crippen MR) is 57.1 cm³/mol. The van der Waals surface area contributed by atoms with Crippen LogP contribution in [-0.4, -0.2) is 15.7 Å². The molecule has 0 aromatic carbocycles. The molecule has 0 N–H and O–H groups in total. The third-order valence-electron chi connectivity index (χ3n) is 2.13. The maximum absolute atomic E-state index is 5.94. The summed E-state index contributed by atoms with van der Waals surface area (Å²) in [5.74, 6) is 0.332. The number of aliphatic imine (C=N–C) groups is 1. The lowest BCUT2D eigenvalue weighted by Crippen LogP contribution is -2.10. The second-order valence-electron chi connectivity index (χ2n) is 3.47. The summed E-state index contributed by atoms with van der Waals surface area (Å²) < 4.78 is 0. The number of hydrogen-bond acceptors (Lipinski definition) is 3. The Kier molecular flexibility index (Phi) is 2.45. The minimum Gasteiger partial charge on any atom is -0.282 e. The average Bonchev–Trinajstić information content (AvgIpc) is 2.47. The number of nitrogens with zero attached hydrogens (tertiary/aromatic N) is 3. The van der Waals surface area contributed by atoms with Gasteiger partial charge in [0.2, 0.25) is 5.28 Å². The van der Waals surface area contributed by atoms with E-state index in [4.69, 9.17) is 23.2 Å². The van der Waals surface area contributed by atoms with Gasteiger partial charge in [0.05, 0.1) is 18.0 Å². The fourth-order valence-electron chi connectivity index (χ4n) is 1.48. The molecule has 3 nitrogen and oxygen atoms in total. The highest BCUT2D eigenvalue weighted by Gasteiger charge is 2.23. The average molecular weight is 230 g/mol. The van der Waals surface area contributed by atoms with Gasteiger partial charge in [-0.2, -0.15) is 0 Å². The minimum atomic E-state index is 0.184. The molecule has 0 fully saturated rings. The Morgan fingerprint density at radius 2 is 1.93 bits per heavy atom. The molecule has 0 saturated carbocycles. The summed E-state index contributed by atoms with van der Waals surface area (Å²) in [4.78, 5) is 12.4. The summed E-state index contributed by atoms with van der Waals surface area (Å²) in [6.45, 7) is 4.70. The highest BCUT2D eigenvalue weighted by atomic mass is 35.5. The van der Waals surface area contributed by atoms with Crippen LogP contribution in [0, 0.1) is 5.92 Å². The van der Waals surface area contributed by atoms with E-state index in [0.29, 0.717) is 17.6 Å². The Bertz CT molecular complexity index is 413. The zero-order valence-corrected chi connectivity index (χ0v) is 9.39. The highest BCUT2D eigenvalue weighted by molar-refractivity contribution is 6.33. The second kappa shape index (κ2) is 3.48. The van der Waals surface area contributed by atoms with Gasteiger partial charge in [-0.05, 0) is 17.5 Å². The van der Waals surface area contributed by atoms with E-state index in [2.05, 4.69) is 28.8 Å². The van der Waals surface area contributed by atoms with Crippen LogP contribution >= 0.6 is 23.2 Å². The van der Waals surface area contributed by atoms with Gasteiger partial charge in [-0.15, -0.1) is 0 Å². The molecule has 0 saturated heterocycles. The molecule has 1 aliphatic rings. The molecular weight excluding hydrogens is 221 g/mol. The van der Waals surface area contributed by atoms with E-state index in [1.165, 1.54) is 0 Å². The fourth-order valence-corrected chi connectivity index (χ4v) is 1.92. The van der Waals surface area contributed by atoms with Gasteiger partial charge in [-0.25, -0.2) is 9.97 Å². The number of fused-ring (bicyclic) bond motifs is 1. The maximum Gasteiger partial charge on any atom is 0.224 e. The van der Waals surface area contributed by atoms with E-state index in [9.17, 15) is 0 Å². The Hall–Kier alpha value is -0.670. The molecule has 0 bridgehead atoms. The predicted octanol–water partition coefficient (Wildman–Crippen LogP) is 2.74. The Morgan fingerprint density at radius 1 is 1.21 bits per heavy atom. The molecule has 5 heteroatoms. The second-order valence-corrected chi connectivity index (χ2v) is 4.16. The molecule has 0 spiro atoms.